The van der Waals surface area contributed by atoms with Crippen LogP contribution in [0.1, 0.15) is 32.3 Å². The van der Waals surface area contributed by atoms with Gasteiger partial charge in [0.1, 0.15) is 11.6 Å². The minimum Gasteiger partial charge on any atom is -0.391 e. The molecule has 0 aliphatic carbocycles. The Morgan fingerprint density at radius 3 is 2.58 bits per heavy atom. The average molecular weight is 359 g/mol. The average Bonchev–Trinajstić information content (AvgIpc) is 3.07. The second-order valence-electron chi connectivity index (χ2n) is 7.13. The Bertz CT molecular complexity index is 706. The highest BCUT2D eigenvalue weighted by molar-refractivity contribution is 6.00. The van der Waals surface area contributed by atoms with E-state index in [1.807, 2.05) is 30.3 Å². The van der Waals surface area contributed by atoms with E-state index >= 15 is 0 Å². The van der Waals surface area contributed by atoms with Gasteiger partial charge in [-0.05, 0) is 25.3 Å². The molecule has 7 nitrogen and oxygen atoms in total. The molecule has 26 heavy (non-hydrogen) atoms. The van der Waals surface area contributed by atoms with Gasteiger partial charge in [0.05, 0.1) is 12.6 Å². The van der Waals surface area contributed by atoms with E-state index in [-0.39, 0.29) is 17.7 Å². The number of β-lactam (4-membered cyclic amide) rings is 1. The molecule has 3 rings (SSSR count). The Morgan fingerprint density at radius 1 is 1.31 bits per heavy atom. The molecule has 0 bridgehead atoms. The van der Waals surface area contributed by atoms with Gasteiger partial charge in [0.15, 0.2) is 0 Å². The number of nitrogens with zero attached hydrogens (tertiary/aromatic N) is 2. The molecule has 0 radical (unpaired) electrons. The first-order valence-electron chi connectivity index (χ1n) is 8.96. The number of aliphatic hydroxyl groups excluding tert-OH is 1. The molecule has 2 saturated heterocycles. The van der Waals surface area contributed by atoms with Crippen molar-refractivity contribution < 1.29 is 19.5 Å². The number of amides is 3. The molecule has 3 amide bonds. The van der Waals surface area contributed by atoms with Crippen LogP contribution < -0.4 is 5.32 Å². The van der Waals surface area contributed by atoms with Gasteiger partial charge in [-0.25, -0.2) is 0 Å². The van der Waals surface area contributed by atoms with Gasteiger partial charge < -0.3 is 20.2 Å². The zero-order valence-electron chi connectivity index (χ0n) is 15.1. The van der Waals surface area contributed by atoms with Gasteiger partial charge >= 0.3 is 0 Å². The van der Waals surface area contributed by atoms with Crippen LogP contribution in [0.2, 0.25) is 0 Å². The first-order valence-corrected chi connectivity index (χ1v) is 8.96. The maximum atomic E-state index is 12.9. The number of carbonyl (C=O) groups excluding carboxylic acids is 3. The van der Waals surface area contributed by atoms with E-state index in [4.69, 9.17) is 0 Å². The molecule has 2 heterocycles. The van der Waals surface area contributed by atoms with Crippen LogP contribution in [0.5, 0.6) is 0 Å². The molecule has 2 aliphatic rings. The van der Waals surface area contributed by atoms with Crippen molar-refractivity contribution >= 4 is 17.7 Å². The Labute approximate surface area is 153 Å². The van der Waals surface area contributed by atoms with E-state index in [1.165, 1.54) is 18.7 Å². The van der Waals surface area contributed by atoms with Crippen molar-refractivity contribution in [1.82, 2.24) is 15.1 Å². The maximum absolute atomic E-state index is 12.9. The number of aliphatic hydroxyl groups is 1. The summed E-state index contributed by atoms with van der Waals surface area (Å²) in [4.78, 5) is 40.3. The zero-order valence-corrected chi connectivity index (χ0v) is 15.1. The van der Waals surface area contributed by atoms with Crippen molar-refractivity contribution in [2.75, 3.05) is 13.1 Å². The Hall–Kier alpha value is -2.41. The molecular weight excluding hydrogens is 334 g/mol. The number of rotatable bonds is 5. The highest BCUT2D eigenvalue weighted by Crippen LogP contribution is 2.40. The summed E-state index contributed by atoms with van der Waals surface area (Å²) >= 11 is 0. The number of nitrogens with one attached hydrogen (secondary N) is 1. The first kappa shape index (κ1) is 18.4. The molecule has 1 aromatic carbocycles. The summed E-state index contributed by atoms with van der Waals surface area (Å²) in [6.45, 7) is 4.15. The Morgan fingerprint density at radius 2 is 2.00 bits per heavy atom. The second kappa shape index (κ2) is 7.07. The van der Waals surface area contributed by atoms with Crippen LogP contribution in [0.4, 0.5) is 0 Å². The Kier molecular flexibility index (Phi) is 5.00. The lowest BCUT2D eigenvalue weighted by Gasteiger charge is -2.53. The van der Waals surface area contributed by atoms with Crippen LogP contribution in [0.15, 0.2) is 30.3 Å². The fourth-order valence-corrected chi connectivity index (χ4v) is 4.06. The van der Waals surface area contributed by atoms with Crippen molar-refractivity contribution in [1.29, 1.82) is 0 Å². The third-order valence-corrected chi connectivity index (χ3v) is 5.33. The van der Waals surface area contributed by atoms with Crippen LogP contribution in [0.25, 0.3) is 0 Å². The molecule has 2 aliphatic heterocycles. The zero-order chi connectivity index (χ0) is 18.9. The summed E-state index contributed by atoms with van der Waals surface area (Å²) in [5, 5.41) is 12.9. The number of benzene rings is 1. The van der Waals surface area contributed by atoms with Crippen molar-refractivity contribution in [3.63, 3.8) is 0 Å². The van der Waals surface area contributed by atoms with Crippen LogP contribution in [-0.2, 0) is 20.9 Å². The summed E-state index contributed by atoms with van der Waals surface area (Å²) in [6, 6.07) is 8.49. The van der Waals surface area contributed by atoms with E-state index in [9.17, 15) is 19.5 Å². The van der Waals surface area contributed by atoms with Gasteiger partial charge in [-0.2, -0.15) is 0 Å². The molecule has 1 spiro atoms. The monoisotopic (exact) mass is 359 g/mol. The number of hydrogen-bond donors (Lipinski definition) is 2. The lowest BCUT2D eigenvalue weighted by atomic mass is 9.83. The van der Waals surface area contributed by atoms with Gasteiger partial charge in [0.2, 0.25) is 11.8 Å². The summed E-state index contributed by atoms with van der Waals surface area (Å²) < 4.78 is 0. The molecule has 0 saturated carbocycles. The van der Waals surface area contributed by atoms with Crippen LogP contribution in [0.3, 0.4) is 0 Å². The lowest BCUT2D eigenvalue weighted by Crippen LogP contribution is -2.77. The van der Waals surface area contributed by atoms with E-state index in [0.717, 1.165) is 12.0 Å². The minimum absolute atomic E-state index is 0.127. The summed E-state index contributed by atoms with van der Waals surface area (Å²) in [6.07, 6.45) is 0.387. The lowest BCUT2D eigenvalue weighted by molar-refractivity contribution is -0.176. The smallest absolute Gasteiger partial charge is 0.251 e. The number of hydrogen-bond acceptors (Lipinski definition) is 4. The van der Waals surface area contributed by atoms with Crippen molar-refractivity contribution in [3.05, 3.63) is 35.9 Å². The van der Waals surface area contributed by atoms with Crippen LogP contribution >= 0.6 is 0 Å². The SMILES string of the molecule is CC(=O)N1CCCC12CN(C(C(=O)NCc1ccccc1)C(C)O)C2=O. The van der Waals surface area contributed by atoms with Crippen molar-refractivity contribution in [2.45, 2.75) is 50.9 Å². The highest BCUT2D eigenvalue weighted by atomic mass is 16.3. The molecule has 3 unspecified atom stereocenters. The fraction of sp³-hybridized carbons (Fsp3) is 0.526. The van der Waals surface area contributed by atoms with Gasteiger partial charge in [-0.15, -0.1) is 0 Å². The largest absolute Gasteiger partial charge is 0.391 e. The Balaban J connectivity index is 1.68. The van der Waals surface area contributed by atoms with Crippen molar-refractivity contribution in [2.24, 2.45) is 0 Å². The quantitative estimate of drug-likeness (QED) is 0.739. The van der Waals surface area contributed by atoms with E-state index in [1.54, 1.807) is 4.90 Å². The molecular formula is C19H25N3O4. The van der Waals surface area contributed by atoms with Gasteiger partial charge in [0, 0.05) is 20.0 Å². The van der Waals surface area contributed by atoms with E-state index in [2.05, 4.69) is 5.32 Å². The van der Waals surface area contributed by atoms with Gasteiger partial charge in [0.25, 0.3) is 5.91 Å². The summed E-state index contributed by atoms with van der Waals surface area (Å²) in [5.41, 5.74) is 0.119. The van der Waals surface area contributed by atoms with Crippen LogP contribution in [-0.4, -0.2) is 63.4 Å². The fourth-order valence-electron chi connectivity index (χ4n) is 4.06. The molecule has 2 fully saturated rings. The first-order chi connectivity index (χ1) is 12.4. The maximum Gasteiger partial charge on any atom is 0.251 e. The molecule has 7 heteroatoms. The number of carbonyl (C=O) groups is 3. The minimum atomic E-state index is -1.00. The van der Waals surface area contributed by atoms with Gasteiger partial charge in [-0.1, -0.05) is 30.3 Å². The third kappa shape index (κ3) is 3.07. The topological polar surface area (TPSA) is 90.0 Å². The number of likely N-dealkylation sites (tertiary alicyclic amines) is 2. The van der Waals surface area contributed by atoms with Crippen LogP contribution in [0, 0.1) is 0 Å². The standard InChI is InChI=1S/C19H25N3O4/c1-13(23)16(17(25)20-11-15-7-4-3-5-8-15)21-12-19(18(21)26)9-6-10-22(19)14(2)24/h3-5,7-8,13,16,23H,6,9-12H2,1-2H3,(H,20,25). The predicted octanol–water partition coefficient (Wildman–Crippen LogP) is 0.276. The second-order valence-corrected chi connectivity index (χ2v) is 7.13. The molecule has 140 valence electrons. The van der Waals surface area contributed by atoms with Crippen molar-refractivity contribution in [3.8, 4) is 0 Å². The van der Waals surface area contributed by atoms with E-state index in [0.29, 0.717) is 26.1 Å². The molecule has 1 aromatic rings. The molecule has 3 atom stereocenters. The predicted molar refractivity (Wildman–Crippen MR) is 94.8 cm³/mol. The summed E-state index contributed by atoms with van der Waals surface area (Å²) in [7, 11) is 0. The van der Waals surface area contributed by atoms with E-state index < -0.39 is 17.7 Å². The summed E-state index contributed by atoms with van der Waals surface area (Å²) in [5.74, 6) is -0.761. The molecule has 0 aromatic heterocycles. The third-order valence-electron chi connectivity index (χ3n) is 5.33. The molecule has 2 N–H and O–H groups in total. The normalized spacial score (nSPS) is 24.3. The highest BCUT2D eigenvalue weighted by Gasteiger charge is 2.61. The van der Waals surface area contributed by atoms with Gasteiger partial charge in [-0.3, -0.25) is 14.4 Å².